The van der Waals surface area contributed by atoms with E-state index >= 15 is 0 Å². The second kappa shape index (κ2) is 5.23. The van der Waals surface area contributed by atoms with Gasteiger partial charge in [0.1, 0.15) is 0 Å². The normalized spacial score (nSPS) is 11.1. The highest BCUT2D eigenvalue weighted by atomic mass is 32.2. The lowest BCUT2D eigenvalue weighted by molar-refractivity contribution is -0.126. The minimum Gasteiger partial charge on any atom is -0.397 e. The molecule has 18 heavy (non-hydrogen) atoms. The number of primary sulfonamides is 1. The molecule has 1 rings (SSSR count). The number of amides is 1. The minimum atomic E-state index is -3.79. The quantitative estimate of drug-likeness (QED) is 0.633. The lowest BCUT2D eigenvalue weighted by Gasteiger charge is -2.13. The van der Waals surface area contributed by atoms with Crippen molar-refractivity contribution in [3.63, 3.8) is 0 Å². The van der Waals surface area contributed by atoms with Crippen LogP contribution >= 0.6 is 0 Å². The van der Waals surface area contributed by atoms with Crippen molar-refractivity contribution < 1.29 is 13.2 Å². The van der Waals surface area contributed by atoms with E-state index in [-0.39, 0.29) is 17.3 Å². The minimum absolute atomic E-state index is 0.0191. The summed E-state index contributed by atoms with van der Waals surface area (Å²) in [5.74, 6) is -0.157. The molecule has 0 saturated carbocycles. The zero-order valence-electron chi connectivity index (χ0n) is 10.2. The van der Waals surface area contributed by atoms with Crippen LogP contribution in [0.4, 0.5) is 11.4 Å². The van der Waals surface area contributed by atoms with Gasteiger partial charge in [-0.2, -0.15) is 0 Å². The first kappa shape index (κ1) is 14.3. The average molecular weight is 272 g/mol. The van der Waals surface area contributed by atoms with E-state index in [4.69, 9.17) is 10.9 Å². The van der Waals surface area contributed by atoms with E-state index in [1.54, 1.807) is 14.1 Å². The van der Waals surface area contributed by atoms with Gasteiger partial charge in [0.05, 0.1) is 22.8 Å². The highest BCUT2D eigenvalue weighted by Gasteiger charge is 2.11. The number of sulfonamides is 1. The number of hydrogen-bond acceptors (Lipinski definition) is 5. The fourth-order valence-electron chi connectivity index (χ4n) is 1.19. The van der Waals surface area contributed by atoms with Crippen LogP contribution in [0.25, 0.3) is 0 Å². The van der Waals surface area contributed by atoms with Crippen LogP contribution in [0, 0.1) is 0 Å². The number of carbonyl (C=O) groups excluding carboxylic acids is 1. The SMILES string of the molecule is CN(C)C(=O)CNc1cc(S(N)(=O)=O)ccc1N. The van der Waals surface area contributed by atoms with Crippen molar-refractivity contribution in [2.75, 3.05) is 31.7 Å². The molecule has 0 heterocycles. The van der Waals surface area contributed by atoms with Gasteiger partial charge >= 0.3 is 0 Å². The fourth-order valence-corrected chi connectivity index (χ4v) is 1.73. The molecule has 0 fully saturated rings. The van der Waals surface area contributed by atoms with E-state index in [2.05, 4.69) is 5.32 Å². The number of likely N-dealkylation sites (N-methyl/N-ethyl adjacent to an activating group) is 1. The van der Waals surface area contributed by atoms with E-state index in [9.17, 15) is 13.2 Å². The Labute approximate surface area is 106 Å². The van der Waals surface area contributed by atoms with Crippen LogP contribution in [0.2, 0.25) is 0 Å². The number of nitrogen functional groups attached to an aromatic ring is 1. The Morgan fingerprint density at radius 3 is 2.50 bits per heavy atom. The van der Waals surface area contributed by atoms with Gasteiger partial charge < -0.3 is 16.0 Å². The summed E-state index contributed by atoms with van der Waals surface area (Å²) in [5.41, 5.74) is 6.37. The number of anilines is 2. The zero-order chi connectivity index (χ0) is 13.9. The van der Waals surface area contributed by atoms with Gasteiger partial charge in [-0.15, -0.1) is 0 Å². The molecule has 0 spiro atoms. The first-order valence-electron chi connectivity index (χ1n) is 5.08. The number of benzene rings is 1. The monoisotopic (exact) mass is 272 g/mol. The van der Waals surface area contributed by atoms with E-state index in [0.29, 0.717) is 11.4 Å². The Hall–Kier alpha value is -1.80. The summed E-state index contributed by atoms with van der Waals surface area (Å²) in [6.45, 7) is 0.0191. The Morgan fingerprint density at radius 1 is 1.39 bits per heavy atom. The van der Waals surface area contributed by atoms with Crippen molar-refractivity contribution in [2.45, 2.75) is 4.90 Å². The van der Waals surface area contributed by atoms with E-state index < -0.39 is 10.0 Å². The predicted octanol–water partition coefficient (Wildman–Crippen LogP) is -0.584. The topological polar surface area (TPSA) is 119 Å². The van der Waals surface area contributed by atoms with Gasteiger partial charge in [0, 0.05) is 14.1 Å². The van der Waals surface area contributed by atoms with Gasteiger partial charge in [0.15, 0.2) is 0 Å². The molecule has 100 valence electrons. The third-order valence-electron chi connectivity index (χ3n) is 2.28. The largest absolute Gasteiger partial charge is 0.397 e. The predicted molar refractivity (Wildman–Crippen MR) is 69.4 cm³/mol. The molecule has 0 aliphatic carbocycles. The smallest absolute Gasteiger partial charge is 0.241 e. The van der Waals surface area contributed by atoms with E-state index in [1.165, 1.54) is 23.1 Å². The van der Waals surface area contributed by atoms with Crippen molar-refractivity contribution in [2.24, 2.45) is 5.14 Å². The number of nitrogens with one attached hydrogen (secondary N) is 1. The summed E-state index contributed by atoms with van der Waals surface area (Å²) in [7, 11) is -0.550. The number of hydrogen-bond donors (Lipinski definition) is 3. The molecule has 0 atom stereocenters. The van der Waals surface area contributed by atoms with Crippen molar-refractivity contribution in [3.8, 4) is 0 Å². The van der Waals surface area contributed by atoms with Gasteiger partial charge in [-0.3, -0.25) is 4.79 Å². The average Bonchev–Trinajstić information content (AvgIpc) is 2.25. The number of nitrogens with zero attached hydrogens (tertiary/aromatic N) is 1. The molecule has 5 N–H and O–H groups in total. The van der Waals surface area contributed by atoms with E-state index in [0.717, 1.165) is 0 Å². The number of rotatable bonds is 4. The highest BCUT2D eigenvalue weighted by Crippen LogP contribution is 2.21. The number of carbonyl (C=O) groups is 1. The Morgan fingerprint density at radius 2 is 2.00 bits per heavy atom. The summed E-state index contributed by atoms with van der Waals surface area (Å²) in [5, 5.41) is 7.78. The lowest BCUT2D eigenvalue weighted by atomic mass is 10.2. The Bertz CT molecular complexity index is 554. The molecule has 8 heteroatoms. The molecular weight excluding hydrogens is 256 g/mol. The Kier molecular flexibility index (Phi) is 4.15. The van der Waals surface area contributed by atoms with Gasteiger partial charge in [-0.1, -0.05) is 0 Å². The summed E-state index contributed by atoms with van der Waals surface area (Å²) < 4.78 is 22.4. The van der Waals surface area contributed by atoms with E-state index in [1.807, 2.05) is 0 Å². The molecule has 0 aromatic heterocycles. The molecule has 1 aromatic carbocycles. The standard InChI is InChI=1S/C10H16N4O3S/c1-14(2)10(15)6-13-9-5-7(18(12,16)17)3-4-8(9)11/h3-5,13H,6,11H2,1-2H3,(H2,12,16,17). The molecule has 1 amide bonds. The third kappa shape index (κ3) is 3.60. The van der Waals surface area contributed by atoms with Crippen molar-refractivity contribution in [1.29, 1.82) is 0 Å². The third-order valence-corrected chi connectivity index (χ3v) is 3.19. The van der Waals surface area contributed by atoms with Crippen LogP contribution in [0.3, 0.4) is 0 Å². The van der Waals surface area contributed by atoms with Crippen molar-refractivity contribution in [3.05, 3.63) is 18.2 Å². The lowest BCUT2D eigenvalue weighted by Crippen LogP contribution is -2.28. The van der Waals surface area contributed by atoms with Crippen molar-refractivity contribution >= 4 is 27.3 Å². The van der Waals surface area contributed by atoms with Crippen LogP contribution < -0.4 is 16.2 Å². The van der Waals surface area contributed by atoms with Crippen LogP contribution in [-0.2, 0) is 14.8 Å². The van der Waals surface area contributed by atoms with Gasteiger partial charge in [0.25, 0.3) is 0 Å². The molecule has 0 aliphatic rings. The molecule has 0 saturated heterocycles. The highest BCUT2D eigenvalue weighted by molar-refractivity contribution is 7.89. The zero-order valence-corrected chi connectivity index (χ0v) is 11.0. The maximum absolute atomic E-state index is 11.4. The second-order valence-corrected chi connectivity index (χ2v) is 5.50. The maximum atomic E-state index is 11.4. The van der Waals surface area contributed by atoms with Gasteiger partial charge in [0.2, 0.25) is 15.9 Å². The molecule has 0 unspecified atom stereocenters. The second-order valence-electron chi connectivity index (χ2n) is 3.94. The first-order valence-corrected chi connectivity index (χ1v) is 6.63. The molecule has 0 radical (unpaired) electrons. The maximum Gasteiger partial charge on any atom is 0.241 e. The fraction of sp³-hybridized carbons (Fsp3) is 0.300. The Balaban J connectivity index is 2.92. The van der Waals surface area contributed by atoms with Crippen LogP contribution in [-0.4, -0.2) is 39.9 Å². The van der Waals surface area contributed by atoms with Gasteiger partial charge in [-0.05, 0) is 18.2 Å². The molecule has 1 aromatic rings. The summed E-state index contributed by atoms with van der Waals surface area (Å²) in [4.78, 5) is 12.7. The number of nitrogens with two attached hydrogens (primary N) is 2. The molecule has 0 bridgehead atoms. The van der Waals surface area contributed by atoms with Crippen LogP contribution in [0.1, 0.15) is 0 Å². The van der Waals surface area contributed by atoms with Gasteiger partial charge in [-0.25, -0.2) is 13.6 Å². The summed E-state index contributed by atoms with van der Waals surface area (Å²) in [6.07, 6.45) is 0. The van der Waals surface area contributed by atoms with Crippen LogP contribution in [0.5, 0.6) is 0 Å². The van der Waals surface area contributed by atoms with Crippen LogP contribution in [0.15, 0.2) is 23.1 Å². The molecular formula is C10H16N4O3S. The van der Waals surface area contributed by atoms with Crippen molar-refractivity contribution in [1.82, 2.24) is 4.90 Å². The first-order chi connectivity index (χ1) is 8.21. The summed E-state index contributed by atoms with van der Waals surface area (Å²) in [6, 6.07) is 4.03. The summed E-state index contributed by atoms with van der Waals surface area (Å²) >= 11 is 0. The molecule has 0 aliphatic heterocycles. The molecule has 7 nitrogen and oxygen atoms in total.